The van der Waals surface area contributed by atoms with Crippen molar-refractivity contribution in [3.63, 3.8) is 0 Å². The molecule has 114 valence electrons. The summed E-state index contributed by atoms with van der Waals surface area (Å²) in [6.07, 6.45) is 6.52. The van der Waals surface area contributed by atoms with Crippen LogP contribution in [0.15, 0.2) is 43.5 Å². The molecule has 7 nitrogen and oxygen atoms in total. The zero-order valence-electron chi connectivity index (χ0n) is 12.6. The molecule has 2 heterocycles. The van der Waals surface area contributed by atoms with Crippen molar-refractivity contribution in [1.82, 2.24) is 29.5 Å². The molecule has 1 aromatic carbocycles. The van der Waals surface area contributed by atoms with Crippen molar-refractivity contribution in [3.05, 3.63) is 54.6 Å². The summed E-state index contributed by atoms with van der Waals surface area (Å²) in [5.74, 6) is 1.03. The zero-order valence-corrected chi connectivity index (χ0v) is 12.6. The van der Waals surface area contributed by atoms with Crippen LogP contribution in [0.2, 0.25) is 0 Å². The van der Waals surface area contributed by atoms with Crippen LogP contribution in [-0.2, 0) is 13.1 Å². The van der Waals surface area contributed by atoms with Crippen molar-refractivity contribution in [3.8, 4) is 5.75 Å². The number of aryl methyl sites for hydroxylation is 1. The maximum absolute atomic E-state index is 5.55. The number of hydrogen-bond acceptors (Lipinski definition) is 5. The van der Waals surface area contributed by atoms with Gasteiger partial charge in [0.25, 0.3) is 0 Å². The van der Waals surface area contributed by atoms with E-state index in [0.717, 1.165) is 11.3 Å². The lowest BCUT2D eigenvalue weighted by Gasteiger charge is -2.20. The fourth-order valence-electron chi connectivity index (χ4n) is 2.52. The molecule has 0 aliphatic carbocycles. The first kappa shape index (κ1) is 14.2. The summed E-state index contributed by atoms with van der Waals surface area (Å²) in [6.45, 7) is 3.44. The number of rotatable bonds is 6. The van der Waals surface area contributed by atoms with E-state index < -0.39 is 0 Å². The summed E-state index contributed by atoms with van der Waals surface area (Å²) < 4.78 is 9.20. The topological polar surface area (TPSA) is 70.7 Å². The highest BCUT2D eigenvalue weighted by atomic mass is 16.5. The van der Waals surface area contributed by atoms with E-state index in [2.05, 4.69) is 39.2 Å². The van der Waals surface area contributed by atoms with Crippen LogP contribution in [-0.4, -0.2) is 36.6 Å². The van der Waals surface area contributed by atoms with Gasteiger partial charge in [-0.1, -0.05) is 12.1 Å². The Hall–Kier alpha value is -2.70. The number of nitrogens with zero attached hydrogens (tertiary/aromatic N) is 6. The van der Waals surface area contributed by atoms with E-state index in [4.69, 9.17) is 4.74 Å². The van der Waals surface area contributed by atoms with Gasteiger partial charge < -0.3 is 4.74 Å². The molecule has 0 saturated heterocycles. The van der Waals surface area contributed by atoms with Gasteiger partial charge in [-0.3, -0.25) is 9.36 Å². The molecule has 0 bridgehead atoms. The van der Waals surface area contributed by atoms with Crippen LogP contribution in [0.3, 0.4) is 0 Å². The minimum atomic E-state index is 0.152. The first-order chi connectivity index (χ1) is 10.8. The maximum Gasteiger partial charge on any atom is 0.137 e. The van der Waals surface area contributed by atoms with E-state index in [0.29, 0.717) is 13.1 Å². The van der Waals surface area contributed by atoms with Crippen LogP contribution >= 0.6 is 0 Å². The van der Waals surface area contributed by atoms with E-state index in [1.807, 2.05) is 15.4 Å². The Balaban J connectivity index is 1.93. The van der Waals surface area contributed by atoms with Gasteiger partial charge in [-0.05, 0) is 18.6 Å². The van der Waals surface area contributed by atoms with Gasteiger partial charge in [-0.15, -0.1) is 0 Å². The van der Waals surface area contributed by atoms with Crippen LogP contribution < -0.4 is 4.74 Å². The minimum absolute atomic E-state index is 0.152. The summed E-state index contributed by atoms with van der Waals surface area (Å²) >= 11 is 0. The fourth-order valence-corrected chi connectivity index (χ4v) is 2.52. The molecule has 0 aliphatic heterocycles. The summed E-state index contributed by atoms with van der Waals surface area (Å²) in [5.41, 5.74) is 2.29. The third-order valence-corrected chi connectivity index (χ3v) is 3.58. The quantitative estimate of drug-likeness (QED) is 0.692. The molecule has 0 fully saturated rings. The van der Waals surface area contributed by atoms with Gasteiger partial charge in [0, 0.05) is 11.5 Å². The number of methoxy groups -OCH3 is 1. The van der Waals surface area contributed by atoms with Gasteiger partial charge in [-0.25, -0.2) is 9.97 Å². The average Bonchev–Trinajstić information content (AvgIpc) is 3.20. The largest absolute Gasteiger partial charge is 0.496 e. The molecule has 7 heteroatoms. The van der Waals surface area contributed by atoms with Gasteiger partial charge in [-0.2, -0.15) is 10.2 Å². The van der Waals surface area contributed by atoms with E-state index in [9.17, 15) is 0 Å². The molecule has 2 aromatic heterocycles. The fraction of sp³-hybridized carbons (Fsp3) is 0.333. The Morgan fingerprint density at radius 3 is 2.18 bits per heavy atom. The van der Waals surface area contributed by atoms with E-state index >= 15 is 0 Å². The molecule has 22 heavy (non-hydrogen) atoms. The molecule has 3 rings (SSSR count). The molecule has 0 N–H and O–H groups in total. The van der Waals surface area contributed by atoms with E-state index in [1.54, 1.807) is 32.4 Å². The first-order valence-electron chi connectivity index (χ1n) is 7.05. The van der Waals surface area contributed by atoms with Crippen LogP contribution in [0.25, 0.3) is 0 Å². The average molecular weight is 298 g/mol. The lowest BCUT2D eigenvalue weighted by Crippen LogP contribution is -2.17. The van der Waals surface area contributed by atoms with Crippen LogP contribution in [0.4, 0.5) is 0 Å². The minimum Gasteiger partial charge on any atom is -0.496 e. The number of benzene rings is 1. The Kier molecular flexibility index (Phi) is 4.13. The summed E-state index contributed by atoms with van der Waals surface area (Å²) in [7, 11) is 1.69. The Labute approximate surface area is 128 Å². The molecule has 0 unspecified atom stereocenters. The molecular formula is C15H18N6O. The summed E-state index contributed by atoms with van der Waals surface area (Å²) in [4.78, 5) is 8.02. The Morgan fingerprint density at radius 2 is 1.68 bits per heavy atom. The molecule has 0 atom stereocenters. The predicted octanol–water partition coefficient (Wildman–Crippen LogP) is 1.67. The van der Waals surface area contributed by atoms with Gasteiger partial charge >= 0.3 is 0 Å². The zero-order chi connectivity index (χ0) is 15.4. The molecule has 3 aromatic rings. The highest BCUT2D eigenvalue weighted by Crippen LogP contribution is 2.30. The summed E-state index contributed by atoms with van der Waals surface area (Å²) in [6, 6.07) is 6.24. The number of hydrogen-bond donors (Lipinski definition) is 0. The highest BCUT2D eigenvalue weighted by Gasteiger charge is 2.18. The second-order valence-corrected chi connectivity index (χ2v) is 5.18. The lowest BCUT2D eigenvalue weighted by molar-refractivity contribution is 0.384. The predicted molar refractivity (Wildman–Crippen MR) is 80.5 cm³/mol. The third-order valence-electron chi connectivity index (χ3n) is 3.58. The Morgan fingerprint density at radius 1 is 1.05 bits per heavy atom. The SMILES string of the molecule is COc1cc(C)ccc1C(Cn1cncn1)Cn1cncn1. The maximum atomic E-state index is 5.55. The molecule has 0 spiro atoms. The van der Waals surface area contributed by atoms with Gasteiger partial charge in [0.2, 0.25) is 0 Å². The molecule has 0 aliphatic rings. The first-order valence-corrected chi connectivity index (χ1v) is 7.05. The normalized spacial score (nSPS) is 11.0. The van der Waals surface area contributed by atoms with E-state index in [1.165, 1.54) is 5.56 Å². The van der Waals surface area contributed by atoms with Crippen molar-refractivity contribution in [2.45, 2.75) is 25.9 Å². The van der Waals surface area contributed by atoms with Crippen molar-refractivity contribution in [1.29, 1.82) is 0 Å². The van der Waals surface area contributed by atoms with Crippen LogP contribution in [0.1, 0.15) is 17.0 Å². The van der Waals surface area contributed by atoms with Crippen LogP contribution in [0.5, 0.6) is 5.75 Å². The number of aromatic nitrogens is 6. The molecule has 0 amide bonds. The highest BCUT2D eigenvalue weighted by molar-refractivity contribution is 5.39. The van der Waals surface area contributed by atoms with E-state index in [-0.39, 0.29) is 5.92 Å². The van der Waals surface area contributed by atoms with Gasteiger partial charge in [0.05, 0.1) is 20.2 Å². The van der Waals surface area contributed by atoms with Crippen molar-refractivity contribution in [2.75, 3.05) is 7.11 Å². The second kappa shape index (κ2) is 6.38. The molecule has 0 saturated carbocycles. The van der Waals surface area contributed by atoms with Gasteiger partial charge in [0.15, 0.2) is 0 Å². The lowest BCUT2D eigenvalue weighted by atomic mass is 9.96. The van der Waals surface area contributed by atoms with Gasteiger partial charge in [0.1, 0.15) is 31.1 Å². The third kappa shape index (κ3) is 3.13. The van der Waals surface area contributed by atoms with Crippen molar-refractivity contribution in [2.24, 2.45) is 0 Å². The summed E-state index contributed by atoms with van der Waals surface area (Å²) in [5, 5.41) is 8.41. The smallest absolute Gasteiger partial charge is 0.137 e. The standard InChI is InChI=1S/C15H18N6O/c1-12-3-4-14(15(5-12)22-2)13(6-20-10-16-8-18-20)7-21-11-17-9-19-21/h3-5,8-11,13H,6-7H2,1-2H3. The second-order valence-electron chi connectivity index (χ2n) is 5.18. The Bertz CT molecular complexity index is 671. The van der Waals surface area contributed by atoms with Crippen molar-refractivity contribution >= 4 is 0 Å². The van der Waals surface area contributed by atoms with Crippen LogP contribution in [0, 0.1) is 6.92 Å². The monoisotopic (exact) mass is 298 g/mol. The molecular weight excluding hydrogens is 280 g/mol. The molecule has 0 radical (unpaired) electrons. The van der Waals surface area contributed by atoms with Crippen molar-refractivity contribution < 1.29 is 4.74 Å². The number of ether oxygens (including phenoxy) is 1.